The SMILES string of the molecule is CCNC(=NCC(C)CSc1ccccc1OC)NC1CCN(C(C)C)CC1. The molecule has 1 aliphatic rings. The minimum Gasteiger partial charge on any atom is -0.496 e. The Morgan fingerprint density at radius 2 is 1.96 bits per heavy atom. The van der Waals surface area contributed by atoms with Crippen molar-refractivity contribution in [3.8, 4) is 5.75 Å². The molecule has 1 heterocycles. The van der Waals surface area contributed by atoms with E-state index in [2.05, 4.69) is 55.4 Å². The Kier molecular flexibility index (Phi) is 9.99. The number of methoxy groups -OCH3 is 1. The molecule has 1 aliphatic heterocycles. The lowest BCUT2D eigenvalue weighted by Gasteiger charge is -2.35. The molecule has 1 saturated heterocycles. The first kappa shape index (κ1) is 22.9. The number of hydrogen-bond acceptors (Lipinski definition) is 4. The van der Waals surface area contributed by atoms with Crippen LogP contribution in [0.1, 0.15) is 40.5 Å². The third-order valence-electron chi connectivity index (χ3n) is 5.10. The Morgan fingerprint density at radius 1 is 1.25 bits per heavy atom. The summed E-state index contributed by atoms with van der Waals surface area (Å²) < 4.78 is 5.44. The number of benzene rings is 1. The van der Waals surface area contributed by atoms with Gasteiger partial charge in [-0.15, -0.1) is 11.8 Å². The Labute approximate surface area is 175 Å². The Hall–Kier alpha value is -1.40. The summed E-state index contributed by atoms with van der Waals surface area (Å²) in [6.45, 7) is 13.0. The van der Waals surface area contributed by atoms with Crippen LogP contribution in [-0.4, -0.2) is 62.0 Å². The first-order valence-corrected chi connectivity index (χ1v) is 11.6. The predicted molar refractivity (Wildman–Crippen MR) is 122 cm³/mol. The molecule has 6 heteroatoms. The fraction of sp³-hybridized carbons (Fsp3) is 0.682. The molecule has 1 atom stereocenters. The van der Waals surface area contributed by atoms with Gasteiger partial charge in [0.25, 0.3) is 0 Å². The second-order valence-corrected chi connectivity index (χ2v) is 8.90. The molecule has 0 spiro atoms. The normalized spacial score (nSPS) is 17.6. The van der Waals surface area contributed by atoms with Crippen LogP contribution in [0.2, 0.25) is 0 Å². The van der Waals surface area contributed by atoms with E-state index in [4.69, 9.17) is 9.73 Å². The quantitative estimate of drug-likeness (QED) is 0.371. The molecule has 28 heavy (non-hydrogen) atoms. The van der Waals surface area contributed by atoms with Crippen molar-refractivity contribution < 1.29 is 4.74 Å². The van der Waals surface area contributed by atoms with Gasteiger partial charge >= 0.3 is 0 Å². The molecule has 1 aromatic rings. The smallest absolute Gasteiger partial charge is 0.191 e. The van der Waals surface area contributed by atoms with Crippen molar-refractivity contribution in [3.05, 3.63) is 24.3 Å². The number of aliphatic imine (C=N–C) groups is 1. The van der Waals surface area contributed by atoms with Crippen molar-refractivity contribution >= 4 is 17.7 Å². The highest BCUT2D eigenvalue weighted by Crippen LogP contribution is 2.30. The molecule has 1 fully saturated rings. The third kappa shape index (κ3) is 7.55. The topological polar surface area (TPSA) is 48.9 Å². The van der Waals surface area contributed by atoms with Crippen molar-refractivity contribution in [2.45, 2.75) is 57.5 Å². The summed E-state index contributed by atoms with van der Waals surface area (Å²) in [4.78, 5) is 8.60. The number of nitrogens with zero attached hydrogens (tertiary/aromatic N) is 2. The van der Waals surface area contributed by atoms with Gasteiger partial charge in [0.05, 0.1) is 7.11 Å². The average Bonchev–Trinajstić information content (AvgIpc) is 2.71. The van der Waals surface area contributed by atoms with Gasteiger partial charge in [-0.05, 0) is 51.7 Å². The first-order chi connectivity index (χ1) is 13.5. The summed E-state index contributed by atoms with van der Waals surface area (Å²) in [5, 5.41) is 7.06. The van der Waals surface area contributed by atoms with E-state index in [1.54, 1.807) is 7.11 Å². The van der Waals surface area contributed by atoms with Gasteiger partial charge in [0.2, 0.25) is 0 Å². The van der Waals surface area contributed by atoms with Gasteiger partial charge in [-0.3, -0.25) is 4.99 Å². The predicted octanol–water partition coefficient (Wildman–Crippen LogP) is 3.85. The number of guanidine groups is 1. The summed E-state index contributed by atoms with van der Waals surface area (Å²) in [5.41, 5.74) is 0. The van der Waals surface area contributed by atoms with Gasteiger partial charge in [-0.1, -0.05) is 19.1 Å². The maximum absolute atomic E-state index is 5.44. The van der Waals surface area contributed by atoms with Crippen LogP contribution in [0.4, 0.5) is 0 Å². The van der Waals surface area contributed by atoms with Crippen LogP contribution >= 0.6 is 11.8 Å². The Morgan fingerprint density at radius 3 is 2.61 bits per heavy atom. The number of likely N-dealkylation sites (tertiary alicyclic amines) is 1. The molecule has 0 saturated carbocycles. The number of hydrogen-bond donors (Lipinski definition) is 2. The Bertz CT molecular complexity index is 600. The standard InChI is InChI=1S/C22H38N4OS/c1-6-23-22(25-19-11-13-26(14-12-19)17(2)3)24-15-18(4)16-28-21-10-8-7-9-20(21)27-5/h7-10,17-19H,6,11-16H2,1-5H3,(H2,23,24,25). The highest BCUT2D eigenvalue weighted by atomic mass is 32.2. The van der Waals surface area contributed by atoms with Crippen LogP contribution in [0.5, 0.6) is 5.75 Å². The van der Waals surface area contributed by atoms with E-state index < -0.39 is 0 Å². The van der Waals surface area contributed by atoms with Crippen LogP contribution in [0, 0.1) is 5.92 Å². The lowest BCUT2D eigenvalue weighted by Crippen LogP contribution is -2.50. The molecule has 0 amide bonds. The summed E-state index contributed by atoms with van der Waals surface area (Å²) in [6.07, 6.45) is 2.36. The maximum atomic E-state index is 5.44. The van der Waals surface area contributed by atoms with Gasteiger partial charge in [0, 0.05) is 48.9 Å². The van der Waals surface area contributed by atoms with E-state index in [0.29, 0.717) is 18.0 Å². The van der Waals surface area contributed by atoms with Crippen LogP contribution in [0.25, 0.3) is 0 Å². The Balaban J connectivity index is 1.81. The first-order valence-electron chi connectivity index (χ1n) is 10.6. The van der Waals surface area contributed by atoms with Crippen molar-refractivity contribution in [1.29, 1.82) is 0 Å². The van der Waals surface area contributed by atoms with Gasteiger partial charge < -0.3 is 20.3 Å². The van der Waals surface area contributed by atoms with Crippen molar-refractivity contribution in [2.24, 2.45) is 10.9 Å². The minimum atomic E-state index is 0.494. The summed E-state index contributed by atoms with van der Waals surface area (Å²) in [7, 11) is 1.73. The number of thioether (sulfide) groups is 1. The van der Waals surface area contributed by atoms with E-state index in [-0.39, 0.29) is 0 Å². The fourth-order valence-electron chi connectivity index (χ4n) is 3.34. The van der Waals surface area contributed by atoms with Gasteiger partial charge in [-0.25, -0.2) is 0 Å². The number of nitrogens with one attached hydrogen (secondary N) is 2. The molecular formula is C22H38N4OS. The summed E-state index contributed by atoms with van der Waals surface area (Å²) in [5.74, 6) is 3.43. The van der Waals surface area contributed by atoms with Gasteiger partial charge in [-0.2, -0.15) is 0 Å². The van der Waals surface area contributed by atoms with Gasteiger partial charge in [0.15, 0.2) is 5.96 Å². The van der Waals surface area contributed by atoms with Crippen molar-refractivity contribution in [3.63, 3.8) is 0 Å². The van der Waals surface area contributed by atoms with E-state index in [1.807, 2.05) is 23.9 Å². The molecule has 0 aliphatic carbocycles. The largest absolute Gasteiger partial charge is 0.496 e. The minimum absolute atomic E-state index is 0.494. The van der Waals surface area contributed by atoms with E-state index in [1.165, 1.54) is 30.8 Å². The molecule has 0 bridgehead atoms. The van der Waals surface area contributed by atoms with E-state index in [9.17, 15) is 0 Å². The molecule has 2 rings (SSSR count). The number of para-hydroxylation sites is 1. The van der Waals surface area contributed by atoms with E-state index >= 15 is 0 Å². The highest BCUT2D eigenvalue weighted by molar-refractivity contribution is 7.99. The zero-order valence-electron chi connectivity index (χ0n) is 18.2. The number of rotatable bonds is 9. The molecule has 158 valence electrons. The molecule has 1 unspecified atom stereocenters. The maximum Gasteiger partial charge on any atom is 0.191 e. The third-order valence-corrected chi connectivity index (χ3v) is 6.48. The average molecular weight is 407 g/mol. The molecule has 5 nitrogen and oxygen atoms in total. The molecule has 1 aromatic carbocycles. The van der Waals surface area contributed by atoms with Crippen LogP contribution < -0.4 is 15.4 Å². The highest BCUT2D eigenvalue weighted by Gasteiger charge is 2.21. The van der Waals surface area contributed by atoms with Crippen molar-refractivity contribution in [2.75, 3.05) is 39.0 Å². The van der Waals surface area contributed by atoms with Gasteiger partial charge in [0.1, 0.15) is 5.75 Å². The zero-order valence-corrected chi connectivity index (χ0v) is 19.0. The lowest BCUT2D eigenvalue weighted by atomic mass is 10.0. The second-order valence-electron chi connectivity index (χ2n) is 7.83. The number of piperidine rings is 1. The molecule has 0 aromatic heterocycles. The summed E-state index contributed by atoms with van der Waals surface area (Å²) in [6, 6.07) is 9.37. The molecule has 0 radical (unpaired) electrons. The zero-order chi connectivity index (χ0) is 20.4. The second kappa shape index (κ2) is 12.2. The molecule has 2 N–H and O–H groups in total. The van der Waals surface area contributed by atoms with Crippen LogP contribution in [0.3, 0.4) is 0 Å². The molecular weight excluding hydrogens is 368 g/mol. The monoisotopic (exact) mass is 406 g/mol. The van der Waals surface area contributed by atoms with Crippen LogP contribution in [-0.2, 0) is 0 Å². The number of ether oxygens (including phenoxy) is 1. The van der Waals surface area contributed by atoms with E-state index in [0.717, 1.165) is 30.6 Å². The fourth-order valence-corrected chi connectivity index (χ4v) is 4.38. The van der Waals surface area contributed by atoms with Crippen LogP contribution in [0.15, 0.2) is 34.2 Å². The lowest BCUT2D eigenvalue weighted by molar-refractivity contribution is 0.167. The van der Waals surface area contributed by atoms with Crippen molar-refractivity contribution in [1.82, 2.24) is 15.5 Å². The summed E-state index contributed by atoms with van der Waals surface area (Å²) >= 11 is 1.84.